The van der Waals surface area contributed by atoms with E-state index in [1.807, 2.05) is 18.2 Å². The van der Waals surface area contributed by atoms with Gasteiger partial charge in [0.15, 0.2) is 0 Å². The van der Waals surface area contributed by atoms with Crippen LogP contribution in [0.5, 0.6) is 11.5 Å². The molecule has 2 atom stereocenters. The molecule has 4 rings (SSSR count). The van der Waals surface area contributed by atoms with Crippen LogP contribution >= 0.6 is 11.6 Å². The van der Waals surface area contributed by atoms with Crippen molar-refractivity contribution in [2.75, 3.05) is 14.2 Å². The molecule has 1 aromatic heterocycles. The van der Waals surface area contributed by atoms with Crippen molar-refractivity contribution in [1.82, 2.24) is 20.7 Å². The highest BCUT2D eigenvalue weighted by atomic mass is 35.5. The van der Waals surface area contributed by atoms with E-state index in [1.165, 1.54) is 11.2 Å². The molecule has 0 bridgehead atoms. The van der Waals surface area contributed by atoms with E-state index in [0.29, 0.717) is 10.8 Å². The number of hydrazine groups is 1. The molecule has 3 N–H and O–H groups in total. The molecule has 164 valence electrons. The Labute approximate surface area is 186 Å². The summed E-state index contributed by atoms with van der Waals surface area (Å²) in [5.41, 5.74) is 9.63. The highest BCUT2D eigenvalue weighted by Crippen LogP contribution is 2.30. The minimum absolute atomic E-state index is 0.0771. The predicted molar refractivity (Wildman–Crippen MR) is 121 cm³/mol. The first-order valence-electron chi connectivity index (χ1n) is 10.3. The van der Waals surface area contributed by atoms with Crippen LogP contribution in [0.15, 0.2) is 42.5 Å². The van der Waals surface area contributed by atoms with Crippen molar-refractivity contribution in [3.8, 4) is 11.5 Å². The van der Waals surface area contributed by atoms with E-state index in [1.54, 1.807) is 26.4 Å². The van der Waals surface area contributed by atoms with Gasteiger partial charge < -0.3 is 19.4 Å². The van der Waals surface area contributed by atoms with E-state index in [0.717, 1.165) is 29.7 Å². The van der Waals surface area contributed by atoms with Gasteiger partial charge in [-0.2, -0.15) is 0 Å². The van der Waals surface area contributed by atoms with Crippen LogP contribution in [0.3, 0.4) is 0 Å². The summed E-state index contributed by atoms with van der Waals surface area (Å²) in [4.78, 5) is 12.6. The van der Waals surface area contributed by atoms with Gasteiger partial charge in [0.25, 0.3) is 0 Å². The van der Waals surface area contributed by atoms with Gasteiger partial charge in [-0.05, 0) is 48.9 Å². The Balaban J connectivity index is 1.43. The Morgan fingerprint density at radius 3 is 2.58 bits per heavy atom. The minimum atomic E-state index is -0.174. The number of benzene rings is 2. The molecule has 2 aromatic carbocycles. The number of rotatable bonds is 7. The average Bonchev–Trinajstić information content (AvgIpc) is 3.38. The molecular weight excluding hydrogens is 416 g/mol. The Bertz CT molecular complexity index is 1100. The van der Waals surface area contributed by atoms with Gasteiger partial charge >= 0.3 is 0 Å². The standard InChI is InChI=1S/C23H27ClN4O3/c1-4-28-20-8-7-16(30-2)9-15(20)10-21(28)19-13-22(27-26-19)25-23(29)11-14-5-6-17(31-3)12-18(14)24/h5-10,12,19,22,26-27H,4,11,13H2,1-3H3,(H,25,29). The average molecular weight is 443 g/mol. The highest BCUT2D eigenvalue weighted by Gasteiger charge is 2.29. The van der Waals surface area contributed by atoms with Gasteiger partial charge in [0.1, 0.15) is 11.5 Å². The topological polar surface area (TPSA) is 76.6 Å². The molecule has 1 aliphatic rings. The number of amides is 1. The molecule has 1 saturated heterocycles. The summed E-state index contributed by atoms with van der Waals surface area (Å²) in [5, 5.41) is 4.70. The number of aromatic nitrogens is 1. The summed E-state index contributed by atoms with van der Waals surface area (Å²) < 4.78 is 12.8. The number of hydrogen-bond acceptors (Lipinski definition) is 5. The predicted octanol–water partition coefficient (Wildman–Crippen LogP) is 3.56. The first-order chi connectivity index (χ1) is 15.0. The second kappa shape index (κ2) is 9.18. The molecule has 3 aromatic rings. The number of nitrogens with zero attached hydrogens (tertiary/aromatic N) is 1. The Kier molecular flexibility index (Phi) is 6.36. The molecule has 0 saturated carbocycles. The van der Waals surface area contributed by atoms with Crippen LogP contribution in [0.4, 0.5) is 0 Å². The summed E-state index contributed by atoms with van der Waals surface area (Å²) in [5.74, 6) is 1.42. The molecule has 1 amide bonds. The lowest BCUT2D eigenvalue weighted by Crippen LogP contribution is -2.44. The maximum atomic E-state index is 12.6. The van der Waals surface area contributed by atoms with Crippen molar-refractivity contribution in [2.24, 2.45) is 0 Å². The molecule has 8 heteroatoms. The normalized spacial score (nSPS) is 18.3. The van der Waals surface area contributed by atoms with Crippen molar-refractivity contribution in [2.45, 2.75) is 38.5 Å². The molecule has 1 aliphatic heterocycles. The lowest BCUT2D eigenvalue weighted by atomic mass is 10.1. The molecule has 0 aliphatic carbocycles. The summed E-state index contributed by atoms with van der Waals surface area (Å²) in [7, 11) is 3.26. The number of carbonyl (C=O) groups excluding carboxylic acids is 1. The smallest absolute Gasteiger partial charge is 0.225 e. The van der Waals surface area contributed by atoms with E-state index in [-0.39, 0.29) is 24.5 Å². The van der Waals surface area contributed by atoms with Gasteiger partial charge in [-0.15, -0.1) is 0 Å². The molecular formula is C23H27ClN4O3. The first-order valence-corrected chi connectivity index (χ1v) is 10.7. The second-order valence-electron chi connectivity index (χ2n) is 7.57. The maximum Gasteiger partial charge on any atom is 0.225 e. The number of nitrogens with one attached hydrogen (secondary N) is 3. The Morgan fingerprint density at radius 1 is 1.13 bits per heavy atom. The van der Waals surface area contributed by atoms with Crippen LogP contribution in [-0.2, 0) is 17.8 Å². The molecule has 2 unspecified atom stereocenters. The van der Waals surface area contributed by atoms with E-state index in [2.05, 4.69) is 39.8 Å². The van der Waals surface area contributed by atoms with Gasteiger partial charge in [-0.1, -0.05) is 17.7 Å². The molecule has 31 heavy (non-hydrogen) atoms. The number of halogens is 1. The number of methoxy groups -OCH3 is 2. The van der Waals surface area contributed by atoms with E-state index in [4.69, 9.17) is 21.1 Å². The zero-order valence-electron chi connectivity index (χ0n) is 17.9. The lowest BCUT2D eigenvalue weighted by Gasteiger charge is -2.14. The van der Waals surface area contributed by atoms with Gasteiger partial charge in [0.2, 0.25) is 5.91 Å². The minimum Gasteiger partial charge on any atom is -0.497 e. The van der Waals surface area contributed by atoms with Crippen LogP contribution in [-0.4, -0.2) is 30.9 Å². The maximum absolute atomic E-state index is 12.6. The molecule has 2 heterocycles. The number of carbonyl (C=O) groups is 1. The van der Waals surface area contributed by atoms with E-state index >= 15 is 0 Å². The molecule has 1 fully saturated rings. The van der Waals surface area contributed by atoms with Gasteiger partial charge in [-0.25, -0.2) is 10.9 Å². The summed E-state index contributed by atoms with van der Waals surface area (Å²) in [6.45, 7) is 2.99. The van der Waals surface area contributed by atoms with Crippen molar-refractivity contribution in [3.63, 3.8) is 0 Å². The van der Waals surface area contributed by atoms with Gasteiger partial charge in [0.05, 0.1) is 32.8 Å². The fourth-order valence-electron chi connectivity index (χ4n) is 4.10. The third-order valence-electron chi connectivity index (χ3n) is 5.66. The van der Waals surface area contributed by atoms with Crippen LogP contribution in [0, 0.1) is 0 Å². The monoisotopic (exact) mass is 442 g/mol. The van der Waals surface area contributed by atoms with Crippen LogP contribution in [0.2, 0.25) is 5.02 Å². The second-order valence-corrected chi connectivity index (χ2v) is 7.98. The fourth-order valence-corrected chi connectivity index (χ4v) is 4.34. The summed E-state index contributed by atoms with van der Waals surface area (Å²) in [6, 6.07) is 13.7. The van der Waals surface area contributed by atoms with Gasteiger partial charge in [-0.3, -0.25) is 4.79 Å². The highest BCUT2D eigenvalue weighted by molar-refractivity contribution is 6.31. The zero-order valence-corrected chi connectivity index (χ0v) is 18.6. The summed E-state index contributed by atoms with van der Waals surface area (Å²) in [6.07, 6.45) is 0.767. The van der Waals surface area contributed by atoms with Crippen LogP contribution in [0.25, 0.3) is 10.9 Å². The van der Waals surface area contributed by atoms with Crippen molar-refractivity contribution in [1.29, 1.82) is 0 Å². The van der Waals surface area contributed by atoms with E-state index < -0.39 is 0 Å². The van der Waals surface area contributed by atoms with Crippen LogP contribution < -0.4 is 25.6 Å². The third-order valence-corrected chi connectivity index (χ3v) is 6.02. The largest absolute Gasteiger partial charge is 0.497 e. The Hall–Kier alpha value is -2.74. The summed E-state index contributed by atoms with van der Waals surface area (Å²) >= 11 is 6.27. The SMILES string of the molecule is CCn1c(C2CC(NC(=O)Cc3ccc(OC)cc3Cl)NN2)cc2cc(OC)ccc21. The quantitative estimate of drug-likeness (QED) is 0.521. The number of fused-ring (bicyclic) bond motifs is 1. The van der Waals surface area contributed by atoms with Crippen molar-refractivity contribution < 1.29 is 14.3 Å². The fraction of sp³-hybridized carbons (Fsp3) is 0.348. The van der Waals surface area contributed by atoms with Crippen LogP contribution in [0.1, 0.15) is 30.6 Å². The van der Waals surface area contributed by atoms with Gasteiger partial charge in [0, 0.05) is 34.6 Å². The van der Waals surface area contributed by atoms with Crippen molar-refractivity contribution >= 4 is 28.4 Å². The van der Waals surface area contributed by atoms with E-state index in [9.17, 15) is 4.79 Å². The number of hydrogen-bond donors (Lipinski definition) is 3. The molecule has 7 nitrogen and oxygen atoms in total. The van der Waals surface area contributed by atoms with Crippen molar-refractivity contribution in [3.05, 3.63) is 58.7 Å². The zero-order chi connectivity index (χ0) is 22.0. The Morgan fingerprint density at radius 2 is 1.87 bits per heavy atom. The number of aryl methyl sites for hydroxylation is 1. The lowest BCUT2D eigenvalue weighted by molar-refractivity contribution is -0.121. The molecule has 0 radical (unpaired) electrons. The molecule has 0 spiro atoms. The third kappa shape index (κ3) is 4.49. The first kappa shape index (κ1) is 21.5. The number of ether oxygens (including phenoxy) is 2.